The number of hydrogen-bond acceptors (Lipinski definition) is 3. The van der Waals surface area contributed by atoms with E-state index >= 15 is 0 Å². The van der Waals surface area contributed by atoms with Gasteiger partial charge >= 0.3 is 7.75 Å². The fourth-order valence-electron chi connectivity index (χ4n) is 0.905. The third-order valence-corrected chi connectivity index (χ3v) is 2.39. The van der Waals surface area contributed by atoms with Gasteiger partial charge < -0.3 is 4.89 Å². The van der Waals surface area contributed by atoms with Crippen molar-refractivity contribution < 1.29 is 14.0 Å². The van der Waals surface area contributed by atoms with E-state index in [2.05, 4.69) is 12.6 Å². The van der Waals surface area contributed by atoms with Crippen molar-refractivity contribution in [3.05, 3.63) is 0 Å². The number of hydrogen-bond donors (Lipinski definition) is 3. The van der Waals surface area contributed by atoms with Crippen LogP contribution in [0.1, 0.15) is 26.7 Å². The van der Waals surface area contributed by atoms with Gasteiger partial charge in [0.05, 0.1) is 5.60 Å². The van der Waals surface area contributed by atoms with E-state index in [0.29, 0.717) is 6.42 Å². The van der Waals surface area contributed by atoms with E-state index in [-0.39, 0.29) is 0 Å². The molecule has 0 aromatic rings. The first kappa shape index (κ1) is 12.5. The molecule has 0 aromatic heterocycles. The second kappa shape index (κ2) is 4.63. The van der Waals surface area contributed by atoms with Crippen LogP contribution in [0, 0.1) is 0 Å². The van der Waals surface area contributed by atoms with Crippen molar-refractivity contribution in [3.63, 3.8) is 0 Å². The highest BCUT2D eigenvalue weighted by molar-refractivity contribution is 7.80. The highest BCUT2D eigenvalue weighted by Crippen LogP contribution is 2.39. The molecule has 0 rings (SSSR count). The molecule has 6 heteroatoms. The topological polar surface area (TPSA) is 72.5 Å². The second-order valence-corrected chi connectivity index (χ2v) is 5.00. The summed E-state index contributed by atoms with van der Waals surface area (Å²) in [6.45, 7) is 3.46. The first-order valence-corrected chi connectivity index (χ1v) is 5.98. The molecule has 74 valence electrons. The zero-order valence-electron chi connectivity index (χ0n) is 7.36. The van der Waals surface area contributed by atoms with Crippen LogP contribution >= 0.6 is 20.4 Å². The van der Waals surface area contributed by atoms with E-state index in [0.717, 1.165) is 12.2 Å². The highest BCUT2D eigenvalue weighted by Gasteiger charge is 2.26. The van der Waals surface area contributed by atoms with Gasteiger partial charge in [0.15, 0.2) is 0 Å². The van der Waals surface area contributed by atoms with E-state index in [1.54, 1.807) is 13.8 Å². The van der Waals surface area contributed by atoms with Gasteiger partial charge in [-0.05, 0) is 32.4 Å². The maximum absolute atomic E-state index is 10.7. The van der Waals surface area contributed by atoms with Crippen molar-refractivity contribution in [1.82, 2.24) is 0 Å². The molecular weight excluding hydrogens is 197 g/mol. The van der Waals surface area contributed by atoms with Gasteiger partial charge in [-0.25, -0.2) is 10.1 Å². The Kier molecular flexibility index (Phi) is 4.81. The SMILES string of the molecule is CC(C)(CCCS)OP(N)(=O)O. The molecule has 0 heterocycles. The molecule has 0 aliphatic rings. The third kappa shape index (κ3) is 7.13. The fourth-order valence-corrected chi connectivity index (χ4v) is 1.86. The first-order chi connectivity index (χ1) is 5.27. The van der Waals surface area contributed by atoms with Crippen LogP contribution < -0.4 is 5.50 Å². The predicted octanol–water partition coefficient (Wildman–Crippen LogP) is 1.55. The summed E-state index contributed by atoms with van der Waals surface area (Å²) >= 11 is 4.03. The van der Waals surface area contributed by atoms with Crippen LogP contribution in [0.5, 0.6) is 0 Å². The van der Waals surface area contributed by atoms with Gasteiger partial charge in [0.2, 0.25) is 0 Å². The lowest BCUT2D eigenvalue weighted by atomic mass is 10.0. The molecule has 1 atom stereocenters. The van der Waals surface area contributed by atoms with Crippen LogP contribution in [0.25, 0.3) is 0 Å². The van der Waals surface area contributed by atoms with Crippen molar-refractivity contribution in [1.29, 1.82) is 0 Å². The van der Waals surface area contributed by atoms with E-state index < -0.39 is 13.3 Å². The smallest absolute Gasteiger partial charge is 0.313 e. The molecule has 0 aliphatic heterocycles. The predicted molar refractivity (Wildman–Crippen MR) is 52.3 cm³/mol. The van der Waals surface area contributed by atoms with Crippen molar-refractivity contribution >= 4 is 20.4 Å². The number of thiol groups is 1. The summed E-state index contributed by atoms with van der Waals surface area (Å²) in [5, 5.41) is 0. The van der Waals surface area contributed by atoms with Crippen LogP contribution in [0.2, 0.25) is 0 Å². The summed E-state index contributed by atoms with van der Waals surface area (Å²) in [7, 11) is -3.85. The number of rotatable bonds is 5. The van der Waals surface area contributed by atoms with Crippen molar-refractivity contribution in [2.45, 2.75) is 32.3 Å². The van der Waals surface area contributed by atoms with E-state index in [9.17, 15) is 4.57 Å². The molecule has 0 aliphatic carbocycles. The average Bonchev–Trinajstić information content (AvgIpc) is 1.78. The zero-order chi connectivity index (χ0) is 9.83. The van der Waals surface area contributed by atoms with E-state index in [1.807, 2.05) is 0 Å². The Morgan fingerprint density at radius 1 is 1.67 bits per heavy atom. The van der Waals surface area contributed by atoms with E-state index in [4.69, 9.17) is 14.9 Å². The van der Waals surface area contributed by atoms with Crippen molar-refractivity contribution in [2.24, 2.45) is 5.50 Å². The normalized spacial score (nSPS) is 17.4. The molecule has 0 aromatic carbocycles. The monoisotopic (exact) mass is 213 g/mol. The highest BCUT2D eigenvalue weighted by atomic mass is 32.1. The van der Waals surface area contributed by atoms with Crippen molar-refractivity contribution in [3.8, 4) is 0 Å². The fraction of sp³-hybridized carbons (Fsp3) is 1.00. The molecule has 1 unspecified atom stereocenters. The largest absolute Gasteiger partial charge is 0.400 e. The maximum atomic E-state index is 10.7. The Balaban J connectivity index is 3.95. The van der Waals surface area contributed by atoms with E-state index in [1.165, 1.54) is 0 Å². The van der Waals surface area contributed by atoms with Crippen LogP contribution in [0.15, 0.2) is 0 Å². The molecule has 0 fully saturated rings. The van der Waals surface area contributed by atoms with Gasteiger partial charge in [-0.15, -0.1) is 0 Å². The Bertz CT molecular complexity index is 180. The van der Waals surface area contributed by atoms with Crippen LogP contribution in [0.4, 0.5) is 0 Å². The van der Waals surface area contributed by atoms with Gasteiger partial charge in [0.1, 0.15) is 0 Å². The van der Waals surface area contributed by atoms with Gasteiger partial charge in [-0.1, -0.05) is 0 Å². The minimum absolute atomic E-state index is 0.651. The summed E-state index contributed by atoms with van der Waals surface area (Å²) in [5.41, 5.74) is 4.21. The lowest BCUT2D eigenvalue weighted by Gasteiger charge is -2.25. The standard InChI is InChI=1S/C6H16NO3PS/c1-6(2,4-3-5-12)10-11(7,8)9/h12H,3-5H2,1-2H3,(H3,7,8,9). The molecule has 0 saturated carbocycles. The lowest BCUT2D eigenvalue weighted by Crippen LogP contribution is -2.24. The Hall–Kier alpha value is 0.460. The maximum Gasteiger partial charge on any atom is 0.400 e. The molecule has 12 heavy (non-hydrogen) atoms. The molecular formula is C6H16NO3PS. The molecule has 0 saturated heterocycles. The first-order valence-electron chi connectivity index (χ1n) is 3.70. The second-order valence-electron chi connectivity index (χ2n) is 3.24. The number of nitrogens with two attached hydrogens (primary N) is 1. The molecule has 0 spiro atoms. The summed E-state index contributed by atoms with van der Waals surface area (Å²) < 4.78 is 15.5. The van der Waals surface area contributed by atoms with Gasteiger partial charge in [-0.3, -0.25) is 4.52 Å². The quantitative estimate of drug-likeness (QED) is 0.478. The lowest BCUT2D eigenvalue weighted by molar-refractivity contribution is 0.0832. The zero-order valence-corrected chi connectivity index (χ0v) is 9.15. The molecule has 0 bridgehead atoms. The van der Waals surface area contributed by atoms with Crippen LogP contribution in [-0.2, 0) is 9.09 Å². The molecule has 0 amide bonds. The summed E-state index contributed by atoms with van der Waals surface area (Å²) in [6.07, 6.45) is 1.49. The van der Waals surface area contributed by atoms with Gasteiger partial charge in [0, 0.05) is 0 Å². The van der Waals surface area contributed by atoms with Crippen LogP contribution in [0.3, 0.4) is 0 Å². The Morgan fingerprint density at radius 3 is 2.50 bits per heavy atom. The van der Waals surface area contributed by atoms with Gasteiger partial charge in [-0.2, -0.15) is 12.6 Å². The van der Waals surface area contributed by atoms with Gasteiger partial charge in [0.25, 0.3) is 0 Å². The Labute approximate surface area is 78.5 Å². The summed E-state index contributed by atoms with van der Waals surface area (Å²) in [6, 6.07) is 0. The Morgan fingerprint density at radius 2 is 2.17 bits per heavy atom. The average molecular weight is 213 g/mol. The minimum Gasteiger partial charge on any atom is -0.313 e. The molecule has 3 N–H and O–H groups in total. The molecule has 0 radical (unpaired) electrons. The third-order valence-electron chi connectivity index (χ3n) is 1.31. The minimum atomic E-state index is -3.85. The summed E-state index contributed by atoms with van der Waals surface area (Å²) in [4.78, 5) is 8.74. The van der Waals surface area contributed by atoms with Crippen LogP contribution in [-0.4, -0.2) is 16.2 Å². The summed E-state index contributed by atoms with van der Waals surface area (Å²) in [5.74, 6) is 0.729. The molecule has 4 nitrogen and oxygen atoms in total. The van der Waals surface area contributed by atoms with Crippen molar-refractivity contribution in [2.75, 3.05) is 5.75 Å².